The maximum absolute atomic E-state index is 13.6. The molecule has 0 aromatic heterocycles. The van der Waals surface area contributed by atoms with Gasteiger partial charge in [-0.25, -0.2) is 17.9 Å². The molecule has 3 amide bonds. The number of hydrogen-bond acceptors (Lipinski definition) is 5. The number of carbonyl (C=O) groups is 2. The van der Waals surface area contributed by atoms with Gasteiger partial charge in [0.1, 0.15) is 11.8 Å². The Labute approximate surface area is 218 Å². The van der Waals surface area contributed by atoms with Gasteiger partial charge in [-0.1, -0.05) is 55.8 Å². The molecule has 0 saturated carbocycles. The van der Waals surface area contributed by atoms with Gasteiger partial charge in [0, 0.05) is 18.7 Å². The molecule has 196 valence electrons. The number of urea groups is 1. The van der Waals surface area contributed by atoms with Crippen molar-refractivity contribution in [1.29, 1.82) is 0 Å². The minimum atomic E-state index is -4.13. The summed E-state index contributed by atoms with van der Waals surface area (Å²) in [4.78, 5) is 28.0. The number of nitrogens with one attached hydrogen (secondary N) is 2. The summed E-state index contributed by atoms with van der Waals surface area (Å²) in [6, 6.07) is 20.7. The van der Waals surface area contributed by atoms with Gasteiger partial charge in [-0.2, -0.15) is 0 Å². The second kappa shape index (κ2) is 12.9. The lowest BCUT2D eigenvalue weighted by molar-refractivity contribution is -0.120. The van der Waals surface area contributed by atoms with E-state index in [1.54, 1.807) is 43.5 Å². The van der Waals surface area contributed by atoms with Crippen molar-refractivity contribution in [3.05, 3.63) is 90.0 Å². The third kappa shape index (κ3) is 7.57. The van der Waals surface area contributed by atoms with E-state index in [1.807, 2.05) is 50.2 Å². The van der Waals surface area contributed by atoms with Crippen molar-refractivity contribution >= 4 is 27.6 Å². The van der Waals surface area contributed by atoms with Gasteiger partial charge in [0.15, 0.2) is 0 Å². The molecule has 0 bridgehead atoms. The van der Waals surface area contributed by atoms with Crippen LogP contribution in [0.25, 0.3) is 0 Å². The first-order valence-corrected chi connectivity index (χ1v) is 13.7. The van der Waals surface area contributed by atoms with Crippen molar-refractivity contribution in [3.63, 3.8) is 0 Å². The number of carbonyl (C=O) groups excluding carboxylic acids is 2. The average Bonchev–Trinajstić information content (AvgIpc) is 2.90. The number of benzene rings is 3. The lowest BCUT2D eigenvalue weighted by Gasteiger charge is -2.27. The van der Waals surface area contributed by atoms with E-state index in [2.05, 4.69) is 10.0 Å². The normalized spacial score (nSPS) is 11.9. The van der Waals surface area contributed by atoms with Gasteiger partial charge in [0.25, 0.3) is 10.0 Å². The number of hydrogen-bond donors (Lipinski definition) is 2. The molecule has 9 heteroatoms. The zero-order valence-corrected chi connectivity index (χ0v) is 22.1. The summed E-state index contributed by atoms with van der Waals surface area (Å²) in [5.41, 5.74) is 2.32. The summed E-state index contributed by atoms with van der Waals surface area (Å²) in [5.74, 6) is 0.285. The maximum Gasteiger partial charge on any atom is 0.329 e. The molecule has 0 aliphatic rings. The summed E-state index contributed by atoms with van der Waals surface area (Å²) in [6.07, 6.45) is 1.77. The van der Waals surface area contributed by atoms with Gasteiger partial charge in [0.05, 0.1) is 12.0 Å². The molecule has 0 aliphatic carbocycles. The molecule has 0 spiro atoms. The van der Waals surface area contributed by atoms with E-state index in [4.69, 9.17) is 4.74 Å². The highest BCUT2D eigenvalue weighted by atomic mass is 32.2. The van der Waals surface area contributed by atoms with Gasteiger partial charge < -0.3 is 15.0 Å². The van der Waals surface area contributed by atoms with Crippen LogP contribution < -0.4 is 19.7 Å². The Morgan fingerprint density at radius 3 is 2.22 bits per heavy atom. The predicted octanol–water partition coefficient (Wildman–Crippen LogP) is 4.30. The van der Waals surface area contributed by atoms with E-state index in [1.165, 1.54) is 11.0 Å². The van der Waals surface area contributed by atoms with Crippen LogP contribution in [-0.4, -0.2) is 40.1 Å². The van der Waals surface area contributed by atoms with E-state index in [0.29, 0.717) is 18.0 Å². The second-order valence-electron chi connectivity index (χ2n) is 8.50. The molecular formula is C28H33N3O5S. The molecule has 8 nitrogen and oxygen atoms in total. The zero-order valence-electron chi connectivity index (χ0n) is 21.3. The van der Waals surface area contributed by atoms with Crippen LogP contribution in [0.1, 0.15) is 31.4 Å². The van der Waals surface area contributed by atoms with E-state index in [-0.39, 0.29) is 17.2 Å². The van der Waals surface area contributed by atoms with Crippen LogP contribution in [0.15, 0.2) is 83.8 Å². The first-order chi connectivity index (χ1) is 17.8. The molecular weight excluding hydrogens is 490 g/mol. The monoisotopic (exact) mass is 523 g/mol. The van der Waals surface area contributed by atoms with Crippen molar-refractivity contribution in [2.75, 3.05) is 18.6 Å². The number of likely N-dealkylation sites (N-methyl/N-ethyl adjacent to an activating group) is 1. The summed E-state index contributed by atoms with van der Waals surface area (Å²) < 4.78 is 33.1. The van der Waals surface area contributed by atoms with Crippen molar-refractivity contribution in [1.82, 2.24) is 10.0 Å². The van der Waals surface area contributed by atoms with Crippen LogP contribution in [0.2, 0.25) is 0 Å². The Balaban J connectivity index is 1.83. The molecule has 0 fully saturated rings. The number of sulfonamides is 1. The second-order valence-corrected chi connectivity index (χ2v) is 10.2. The Hall–Kier alpha value is -3.85. The highest BCUT2D eigenvalue weighted by Gasteiger charge is 2.28. The number of amides is 3. The standard InChI is InChI=1S/C28H33N3O5S/c1-4-10-21-13-9-14-25(19-21)37(34,35)30-28(33)29-26(20-22-11-7-6-8-12-22)27(32)31(5-2)23-15-17-24(36-3)18-16-23/h6-9,11-19,26H,4-5,10,20H2,1-3H3,(H2,29,30,33). The van der Waals surface area contributed by atoms with Gasteiger partial charge >= 0.3 is 6.03 Å². The smallest absolute Gasteiger partial charge is 0.329 e. The zero-order chi connectivity index (χ0) is 26.8. The summed E-state index contributed by atoms with van der Waals surface area (Å²) in [6.45, 7) is 4.18. The first-order valence-electron chi connectivity index (χ1n) is 12.2. The molecule has 2 N–H and O–H groups in total. The number of methoxy groups -OCH3 is 1. The Morgan fingerprint density at radius 1 is 0.919 bits per heavy atom. The largest absolute Gasteiger partial charge is 0.497 e. The number of ether oxygens (including phenoxy) is 1. The van der Waals surface area contributed by atoms with E-state index in [9.17, 15) is 18.0 Å². The Morgan fingerprint density at radius 2 is 1.59 bits per heavy atom. The van der Waals surface area contributed by atoms with Gasteiger partial charge in [0.2, 0.25) is 5.91 Å². The number of anilines is 1. The molecule has 0 radical (unpaired) electrons. The van der Waals surface area contributed by atoms with Crippen molar-refractivity contribution in [3.8, 4) is 5.75 Å². The van der Waals surface area contributed by atoms with Crippen LogP contribution in [0.3, 0.4) is 0 Å². The Bertz CT molecular complexity index is 1290. The van der Waals surface area contributed by atoms with Crippen LogP contribution in [0.5, 0.6) is 5.75 Å². The van der Waals surface area contributed by atoms with Crippen molar-refractivity contribution in [2.45, 2.75) is 44.0 Å². The summed E-state index contributed by atoms with van der Waals surface area (Å²) in [7, 11) is -2.57. The molecule has 3 rings (SSSR count). The molecule has 0 heterocycles. The fraction of sp³-hybridized carbons (Fsp3) is 0.286. The van der Waals surface area contributed by atoms with E-state index < -0.39 is 22.1 Å². The summed E-state index contributed by atoms with van der Waals surface area (Å²) in [5, 5.41) is 2.59. The van der Waals surface area contributed by atoms with Gasteiger partial charge in [-0.3, -0.25) is 4.79 Å². The highest BCUT2D eigenvalue weighted by Crippen LogP contribution is 2.21. The van der Waals surface area contributed by atoms with E-state index in [0.717, 1.165) is 24.0 Å². The molecule has 0 saturated heterocycles. The van der Waals surface area contributed by atoms with E-state index >= 15 is 0 Å². The third-order valence-corrected chi connectivity index (χ3v) is 7.16. The summed E-state index contributed by atoms with van der Waals surface area (Å²) >= 11 is 0. The van der Waals surface area contributed by atoms with Crippen LogP contribution >= 0.6 is 0 Å². The minimum Gasteiger partial charge on any atom is -0.497 e. The molecule has 3 aromatic rings. The maximum atomic E-state index is 13.6. The predicted molar refractivity (Wildman–Crippen MR) is 144 cm³/mol. The SMILES string of the molecule is CCCc1cccc(S(=O)(=O)NC(=O)NC(Cc2ccccc2)C(=O)N(CC)c2ccc(OC)cc2)c1. The topological polar surface area (TPSA) is 105 Å². The first kappa shape index (κ1) is 27.7. The molecule has 0 aliphatic heterocycles. The minimum absolute atomic E-state index is 0.00652. The Kier molecular flexibility index (Phi) is 9.68. The number of rotatable bonds is 11. The fourth-order valence-corrected chi connectivity index (χ4v) is 4.98. The van der Waals surface area contributed by atoms with Crippen LogP contribution in [0.4, 0.5) is 10.5 Å². The third-order valence-electron chi connectivity index (χ3n) is 5.83. The fourth-order valence-electron chi connectivity index (χ4n) is 3.99. The van der Waals surface area contributed by atoms with Crippen LogP contribution in [-0.2, 0) is 27.7 Å². The lowest BCUT2D eigenvalue weighted by Crippen LogP contribution is -2.53. The van der Waals surface area contributed by atoms with Crippen molar-refractivity contribution < 1.29 is 22.7 Å². The van der Waals surface area contributed by atoms with Crippen LogP contribution in [0, 0.1) is 0 Å². The molecule has 1 atom stereocenters. The lowest BCUT2D eigenvalue weighted by atomic mass is 10.0. The molecule has 37 heavy (non-hydrogen) atoms. The molecule has 1 unspecified atom stereocenters. The molecule has 3 aromatic carbocycles. The average molecular weight is 524 g/mol. The van der Waals surface area contributed by atoms with Crippen molar-refractivity contribution in [2.24, 2.45) is 0 Å². The number of aryl methyl sites for hydroxylation is 1. The van der Waals surface area contributed by atoms with Gasteiger partial charge in [-0.05, 0) is 60.9 Å². The van der Waals surface area contributed by atoms with Gasteiger partial charge in [-0.15, -0.1) is 0 Å². The quantitative estimate of drug-likeness (QED) is 0.390. The highest BCUT2D eigenvalue weighted by molar-refractivity contribution is 7.90. The number of nitrogens with zero attached hydrogens (tertiary/aromatic N) is 1.